The molecule has 0 atom stereocenters. The van der Waals surface area contributed by atoms with E-state index in [0.29, 0.717) is 25.3 Å². The summed E-state index contributed by atoms with van der Waals surface area (Å²) < 4.78 is 34.8. The van der Waals surface area contributed by atoms with Crippen molar-refractivity contribution in [2.45, 2.75) is 4.90 Å². The number of aromatic carboxylic acids is 2. The average Bonchev–Trinajstić information content (AvgIpc) is 3.11. The fraction of sp³-hybridized carbons (Fsp3) is 0.111. The van der Waals surface area contributed by atoms with E-state index in [4.69, 9.17) is 25.0 Å². The van der Waals surface area contributed by atoms with Gasteiger partial charge in [-0.05, 0) is 18.2 Å². The van der Waals surface area contributed by atoms with E-state index in [1.807, 2.05) is 0 Å². The van der Waals surface area contributed by atoms with Crippen LogP contribution in [-0.2, 0) is 14.9 Å². The van der Waals surface area contributed by atoms with Crippen LogP contribution < -0.4 is 21.2 Å². The van der Waals surface area contributed by atoms with Crippen LogP contribution in [0.5, 0.6) is 0 Å². The number of rotatable bonds is 11. The van der Waals surface area contributed by atoms with E-state index in [9.17, 15) is 18.0 Å². The molecule has 0 spiro atoms. The van der Waals surface area contributed by atoms with Gasteiger partial charge in [0.25, 0.3) is 10.1 Å². The van der Waals surface area contributed by atoms with E-state index in [1.165, 1.54) is 21.2 Å². The third-order valence-electron chi connectivity index (χ3n) is 7.00. The molecule has 10 nitrogen and oxygen atoms in total. The molecule has 0 unspecified atom stereocenters. The third kappa shape index (κ3) is 10.1. The van der Waals surface area contributed by atoms with Gasteiger partial charge in [0.1, 0.15) is 0 Å². The van der Waals surface area contributed by atoms with Gasteiger partial charge in [0.2, 0.25) is 0 Å². The summed E-state index contributed by atoms with van der Waals surface area (Å²) in [6.07, 6.45) is 0. The van der Waals surface area contributed by atoms with Crippen LogP contribution in [-0.4, -0.2) is 71.8 Å². The number of aliphatic hydroxyl groups is 2. The molecule has 0 saturated heterocycles. The van der Waals surface area contributed by atoms with E-state index in [-0.39, 0.29) is 13.2 Å². The average molecular weight is 693 g/mol. The van der Waals surface area contributed by atoms with Crippen molar-refractivity contribution >= 4 is 50.5 Å². The van der Waals surface area contributed by atoms with E-state index in [1.54, 1.807) is 0 Å². The van der Waals surface area contributed by atoms with E-state index in [0.717, 1.165) is 6.07 Å². The van der Waals surface area contributed by atoms with Crippen LogP contribution in [0.4, 0.5) is 0 Å². The van der Waals surface area contributed by atoms with Crippen LogP contribution in [0.15, 0.2) is 144 Å². The summed E-state index contributed by atoms with van der Waals surface area (Å²) in [4.78, 5) is 20.4. The van der Waals surface area contributed by atoms with Crippen molar-refractivity contribution in [3.8, 4) is 0 Å². The molecule has 5 aromatic carbocycles. The topological polar surface area (TPSA) is 179 Å². The molecular formula is C36H37O10PS. The Balaban J connectivity index is 0.000000233. The molecule has 0 aliphatic heterocycles. The van der Waals surface area contributed by atoms with Gasteiger partial charge in [0.05, 0.1) is 42.4 Å². The number of carboxylic acid groups (broad SMARTS) is 2. The van der Waals surface area contributed by atoms with Crippen LogP contribution in [0, 0.1) is 0 Å². The molecule has 0 heterocycles. The summed E-state index contributed by atoms with van der Waals surface area (Å²) in [7, 11) is -6.94. The van der Waals surface area contributed by atoms with Gasteiger partial charge in [-0.2, -0.15) is 8.42 Å². The van der Waals surface area contributed by atoms with Crippen molar-refractivity contribution in [1.82, 2.24) is 0 Å². The number of aliphatic hydroxyl groups excluding tert-OH is 2. The van der Waals surface area contributed by atoms with E-state index >= 15 is 0 Å². The van der Waals surface area contributed by atoms with Gasteiger partial charge in [-0.3, -0.25) is 4.55 Å². The summed E-state index contributed by atoms with van der Waals surface area (Å²) in [5.41, 5.74) is -1.07. The Bertz CT molecular complexity index is 1640. The second-order valence-corrected chi connectivity index (χ2v) is 15.3. The molecule has 0 bridgehead atoms. The first-order valence-electron chi connectivity index (χ1n) is 14.7. The molecule has 48 heavy (non-hydrogen) atoms. The first-order chi connectivity index (χ1) is 23.0. The number of benzene rings is 5. The Morgan fingerprint density at radius 1 is 0.542 bits per heavy atom. The first-order valence-corrected chi connectivity index (χ1v) is 18.1. The summed E-state index contributed by atoms with van der Waals surface area (Å²) in [5, 5.41) is 39.1. The van der Waals surface area contributed by atoms with E-state index < -0.39 is 45.3 Å². The minimum absolute atomic E-state index is 0.0278. The van der Waals surface area contributed by atoms with Crippen LogP contribution in [0.2, 0.25) is 0 Å². The number of carboxylic acids is 2. The number of carbonyl (C=O) groups is 2. The molecule has 5 N–H and O–H groups in total. The Morgan fingerprint density at radius 3 is 1.06 bits per heavy atom. The van der Waals surface area contributed by atoms with Crippen molar-refractivity contribution in [2.24, 2.45) is 0 Å². The number of hydrogen-bond acceptors (Lipinski definition) is 7. The predicted molar refractivity (Wildman–Crippen MR) is 188 cm³/mol. The number of hydrogen-bond donors (Lipinski definition) is 5. The summed E-state index contributed by atoms with van der Waals surface area (Å²) in [6.45, 7) is 0.696. The minimum atomic E-state index is -4.64. The van der Waals surface area contributed by atoms with Crippen molar-refractivity contribution in [3.63, 3.8) is 0 Å². The Labute approximate surface area is 279 Å². The maximum absolute atomic E-state index is 10.8. The van der Waals surface area contributed by atoms with Gasteiger partial charge >= 0.3 is 162 Å². The Morgan fingerprint density at radius 2 is 0.833 bits per heavy atom. The normalized spacial score (nSPS) is 11.2. The molecule has 0 saturated carbocycles. The third-order valence-corrected chi connectivity index (χ3v) is 12.6. The zero-order chi connectivity index (χ0) is 35.0. The zero-order valence-corrected chi connectivity index (χ0v) is 27.6. The van der Waals surface area contributed by atoms with Gasteiger partial charge < -0.3 is 25.2 Å². The Hall–Kier alpha value is -4.74. The monoisotopic (exact) mass is 692 g/mol. The van der Waals surface area contributed by atoms with Crippen LogP contribution in [0.25, 0.3) is 0 Å². The van der Waals surface area contributed by atoms with Crippen molar-refractivity contribution in [1.29, 1.82) is 0 Å². The van der Waals surface area contributed by atoms with Crippen molar-refractivity contribution in [2.75, 3.05) is 26.4 Å². The fourth-order valence-corrected chi connectivity index (χ4v) is 10.3. The zero-order valence-electron chi connectivity index (χ0n) is 25.8. The molecule has 0 fully saturated rings. The molecule has 0 radical (unpaired) electrons. The second-order valence-electron chi connectivity index (χ2n) is 10.1. The summed E-state index contributed by atoms with van der Waals surface area (Å²) >= 11 is 0. The molecule has 252 valence electrons. The van der Waals surface area contributed by atoms with Crippen LogP contribution >= 0.6 is 7.26 Å². The molecule has 12 heteroatoms. The molecular weight excluding hydrogens is 655 g/mol. The quantitative estimate of drug-likeness (QED) is 0.0784. The van der Waals surface area contributed by atoms with Gasteiger partial charge in [0.15, 0.2) is 0 Å². The molecule has 0 amide bonds. The summed E-state index contributed by atoms with van der Waals surface area (Å²) in [6, 6.07) is 46.1. The Kier molecular flexibility index (Phi) is 14.6. The fourth-order valence-electron chi connectivity index (χ4n) is 4.98. The molecule has 0 aliphatic carbocycles. The molecule has 5 aromatic rings. The molecule has 5 rings (SSSR count). The van der Waals surface area contributed by atoms with Crippen LogP contribution in [0.1, 0.15) is 20.7 Å². The van der Waals surface area contributed by atoms with Gasteiger partial charge in [-0.15, -0.1) is 0 Å². The van der Waals surface area contributed by atoms with Gasteiger partial charge in [-0.25, -0.2) is 9.59 Å². The molecule has 0 aliphatic rings. The van der Waals surface area contributed by atoms with Crippen molar-refractivity contribution < 1.29 is 47.7 Å². The van der Waals surface area contributed by atoms with Crippen LogP contribution in [0.3, 0.4) is 0 Å². The first kappa shape index (κ1) is 37.7. The summed E-state index contributed by atoms with van der Waals surface area (Å²) in [5.74, 6) is -2.99. The standard InChI is InChI=1S/C24H21P.C8H6O7S.C4H10O3/c1-5-13-21(14-6-1)25(22-15-7-2-8-16-22,23-17-9-3-10-18-23)24-19-11-4-12-20-24;9-7(10)4-1-5(8(11)12)3-6(2-4)16(13,14)15;5-1-3-7-4-2-6/h1-20,25H;1-3H,(H,9,10)(H,11,12)(H,13,14,15);5-6H,1-4H2. The van der Waals surface area contributed by atoms with Gasteiger partial charge in [0, 0.05) is 0 Å². The van der Waals surface area contributed by atoms with Gasteiger partial charge in [-0.1, -0.05) is 0 Å². The van der Waals surface area contributed by atoms with Crippen molar-refractivity contribution in [3.05, 3.63) is 151 Å². The maximum atomic E-state index is 10.8. The molecule has 0 aromatic heterocycles. The second kappa shape index (κ2) is 18.6. The SMILES string of the molecule is O=C(O)c1cc(C(=O)O)cc(S(=O)(=O)O)c1.OCCOCCO.c1ccc([PH](c2ccccc2)(c2ccccc2)c2ccccc2)cc1. The van der Waals surface area contributed by atoms with E-state index in [2.05, 4.69) is 126 Å². The predicted octanol–water partition coefficient (Wildman–Crippen LogP) is 3.36. The number of ether oxygens (including phenoxy) is 1.